The molecule has 23 heavy (non-hydrogen) atoms. The number of halogens is 5. The molecule has 0 saturated carbocycles. The molecule has 0 spiro atoms. The molecule has 0 unspecified atom stereocenters. The quantitative estimate of drug-likeness (QED) is 0.491. The van der Waals surface area contributed by atoms with E-state index in [-0.39, 0.29) is 28.3 Å². The van der Waals surface area contributed by atoms with Gasteiger partial charge in [-0.3, -0.25) is 5.41 Å². The Labute approximate surface area is 130 Å². The van der Waals surface area contributed by atoms with Gasteiger partial charge in [0, 0.05) is 25.2 Å². The van der Waals surface area contributed by atoms with Gasteiger partial charge < -0.3 is 9.64 Å². The first-order chi connectivity index (χ1) is 10.4. The highest BCUT2D eigenvalue weighted by Gasteiger charge is 2.32. The van der Waals surface area contributed by atoms with E-state index in [1.54, 1.807) is 0 Å². The molecule has 128 valence electrons. The fourth-order valence-corrected chi connectivity index (χ4v) is 2.07. The van der Waals surface area contributed by atoms with Crippen LogP contribution in [0, 0.1) is 12.3 Å². The van der Waals surface area contributed by atoms with Crippen LogP contribution in [0.15, 0.2) is 29.7 Å². The van der Waals surface area contributed by atoms with E-state index >= 15 is 0 Å². The average molecular weight is 336 g/mol. The van der Waals surface area contributed by atoms with Gasteiger partial charge in [-0.25, -0.2) is 0 Å². The largest absolute Gasteiger partial charge is 0.419 e. The van der Waals surface area contributed by atoms with Crippen molar-refractivity contribution in [2.75, 3.05) is 14.1 Å². The van der Waals surface area contributed by atoms with Crippen LogP contribution in [0.4, 0.5) is 22.0 Å². The molecule has 3 nitrogen and oxygen atoms in total. The monoisotopic (exact) mass is 336 g/mol. The third-order valence-electron chi connectivity index (χ3n) is 3.12. The van der Waals surface area contributed by atoms with Crippen LogP contribution in [-0.2, 0) is 10.9 Å². The lowest BCUT2D eigenvalue weighted by Crippen LogP contribution is -2.21. The minimum Gasteiger partial charge on any atom is -0.419 e. The van der Waals surface area contributed by atoms with E-state index in [9.17, 15) is 22.0 Å². The Bertz CT molecular complexity index is 621. The second-order valence-electron chi connectivity index (χ2n) is 5.11. The second-order valence-corrected chi connectivity index (χ2v) is 5.11. The smallest absolute Gasteiger partial charge is 0.416 e. The summed E-state index contributed by atoms with van der Waals surface area (Å²) in [4.78, 5) is 1.27. The van der Waals surface area contributed by atoms with E-state index in [1.165, 1.54) is 38.9 Å². The van der Waals surface area contributed by atoms with E-state index in [2.05, 4.69) is 4.74 Å². The summed E-state index contributed by atoms with van der Waals surface area (Å²) in [5, 5.41) is 8.04. The van der Waals surface area contributed by atoms with Crippen LogP contribution in [0.5, 0.6) is 0 Å². The molecular formula is C15H17F5N2O. The van der Waals surface area contributed by atoms with Gasteiger partial charge in [-0.05, 0) is 31.5 Å². The zero-order valence-electron chi connectivity index (χ0n) is 13.1. The highest BCUT2D eigenvalue weighted by molar-refractivity contribution is 6.10. The van der Waals surface area contributed by atoms with Gasteiger partial charge in [-0.15, -0.1) is 0 Å². The first kappa shape index (κ1) is 18.9. The maximum atomic E-state index is 12.7. The number of ether oxygens (including phenoxy) is 1. The molecule has 0 aliphatic rings. The van der Waals surface area contributed by atoms with Crippen molar-refractivity contribution in [2.45, 2.75) is 26.6 Å². The predicted molar refractivity (Wildman–Crippen MR) is 76.5 cm³/mol. The van der Waals surface area contributed by atoms with Crippen molar-refractivity contribution in [1.29, 1.82) is 5.41 Å². The Morgan fingerprint density at radius 1 is 1.22 bits per heavy atom. The summed E-state index contributed by atoms with van der Waals surface area (Å²) in [5.41, 5.74) is -0.757. The zero-order chi connectivity index (χ0) is 17.9. The third kappa shape index (κ3) is 4.67. The normalized spacial score (nSPS) is 13.0. The number of hydrogen-bond acceptors (Lipinski definition) is 3. The molecule has 8 heteroatoms. The minimum absolute atomic E-state index is 0.0475. The van der Waals surface area contributed by atoms with Gasteiger partial charge in [0.15, 0.2) is 5.88 Å². The standard InChI is InChI=1S/C15H17F5N2O/c1-8-7-10(5-6-11(8)15(18,19)20)12(21)9(2)13(22(3)4)23-14(16)17/h5-7,14,21H,1-4H3/b13-9+,21-12?. The van der Waals surface area contributed by atoms with Gasteiger partial charge in [-0.2, -0.15) is 22.0 Å². The fraction of sp³-hybridized carbons (Fsp3) is 0.400. The zero-order valence-corrected chi connectivity index (χ0v) is 13.1. The summed E-state index contributed by atoms with van der Waals surface area (Å²) < 4.78 is 67.5. The van der Waals surface area contributed by atoms with Crippen molar-refractivity contribution in [2.24, 2.45) is 0 Å². The Morgan fingerprint density at radius 2 is 1.78 bits per heavy atom. The molecule has 1 aromatic carbocycles. The summed E-state index contributed by atoms with van der Waals surface area (Å²) in [7, 11) is 2.93. The van der Waals surface area contributed by atoms with Crippen LogP contribution < -0.4 is 0 Å². The van der Waals surface area contributed by atoms with Crippen LogP contribution in [0.3, 0.4) is 0 Å². The maximum Gasteiger partial charge on any atom is 0.416 e. The van der Waals surface area contributed by atoms with Gasteiger partial charge in [0.2, 0.25) is 0 Å². The maximum absolute atomic E-state index is 12.7. The van der Waals surface area contributed by atoms with Gasteiger partial charge >= 0.3 is 12.8 Å². The van der Waals surface area contributed by atoms with Gasteiger partial charge in [0.1, 0.15) is 0 Å². The fourth-order valence-electron chi connectivity index (χ4n) is 2.07. The first-order valence-corrected chi connectivity index (χ1v) is 6.55. The van der Waals surface area contributed by atoms with Crippen molar-refractivity contribution in [1.82, 2.24) is 4.90 Å². The van der Waals surface area contributed by atoms with E-state index in [1.807, 2.05) is 0 Å². The number of hydrogen-bond donors (Lipinski definition) is 1. The van der Waals surface area contributed by atoms with E-state index in [0.717, 1.165) is 12.1 Å². The first-order valence-electron chi connectivity index (χ1n) is 6.55. The Balaban J connectivity index is 3.25. The van der Waals surface area contributed by atoms with Crippen LogP contribution in [0.25, 0.3) is 0 Å². The van der Waals surface area contributed by atoms with Crippen LogP contribution in [0.2, 0.25) is 0 Å². The Morgan fingerprint density at radius 3 is 2.17 bits per heavy atom. The van der Waals surface area contributed by atoms with Crippen LogP contribution in [-0.4, -0.2) is 31.3 Å². The number of benzene rings is 1. The topological polar surface area (TPSA) is 36.3 Å². The summed E-state index contributed by atoms with van der Waals surface area (Å²) in [5.74, 6) is -0.220. The van der Waals surface area contributed by atoms with E-state index in [4.69, 9.17) is 5.41 Å². The number of alkyl halides is 5. The lowest BCUT2D eigenvalue weighted by molar-refractivity contribution is -0.138. The lowest BCUT2D eigenvalue weighted by Gasteiger charge is -2.21. The average Bonchev–Trinajstić information content (AvgIpc) is 2.41. The predicted octanol–water partition coefficient (Wildman–Crippen LogP) is 4.41. The van der Waals surface area contributed by atoms with E-state index in [0.29, 0.717) is 0 Å². The van der Waals surface area contributed by atoms with E-state index < -0.39 is 18.4 Å². The summed E-state index contributed by atoms with van der Waals surface area (Å²) in [6.07, 6.45) is -4.48. The molecule has 0 atom stereocenters. The lowest BCUT2D eigenvalue weighted by atomic mass is 9.98. The molecule has 0 aromatic heterocycles. The molecule has 0 aliphatic heterocycles. The molecule has 0 fully saturated rings. The Hall–Kier alpha value is -2.12. The van der Waals surface area contributed by atoms with Gasteiger partial charge in [-0.1, -0.05) is 6.07 Å². The van der Waals surface area contributed by atoms with Crippen molar-refractivity contribution in [3.63, 3.8) is 0 Å². The molecule has 0 saturated heterocycles. The number of nitrogens with one attached hydrogen (secondary N) is 1. The van der Waals surface area contributed by atoms with Gasteiger partial charge in [0.25, 0.3) is 0 Å². The van der Waals surface area contributed by atoms with Crippen molar-refractivity contribution >= 4 is 5.71 Å². The number of allylic oxidation sites excluding steroid dienone is 1. The molecule has 0 aliphatic carbocycles. The second kappa shape index (κ2) is 6.97. The highest BCUT2D eigenvalue weighted by atomic mass is 19.4. The summed E-state index contributed by atoms with van der Waals surface area (Å²) in [6, 6.07) is 3.21. The van der Waals surface area contributed by atoms with Gasteiger partial charge in [0.05, 0.1) is 11.3 Å². The number of rotatable bonds is 5. The molecule has 0 bridgehead atoms. The van der Waals surface area contributed by atoms with Crippen LogP contribution in [0.1, 0.15) is 23.6 Å². The highest BCUT2D eigenvalue weighted by Crippen LogP contribution is 2.32. The summed E-state index contributed by atoms with van der Waals surface area (Å²) >= 11 is 0. The van der Waals surface area contributed by atoms with Crippen LogP contribution >= 0.6 is 0 Å². The summed E-state index contributed by atoms with van der Waals surface area (Å²) in [6.45, 7) is -0.390. The molecule has 1 aromatic rings. The number of nitrogens with zero attached hydrogens (tertiary/aromatic N) is 1. The molecule has 0 radical (unpaired) electrons. The van der Waals surface area contributed by atoms with Crippen molar-refractivity contribution in [3.8, 4) is 0 Å². The molecule has 1 N–H and O–H groups in total. The molecule has 0 heterocycles. The van der Waals surface area contributed by atoms with Crippen molar-refractivity contribution < 1.29 is 26.7 Å². The Kier molecular flexibility index (Phi) is 5.74. The molecular weight excluding hydrogens is 319 g/mol. The molecule has 0 amide bonds. The molecule has 1 rings (SSSR count). The third-order valence-corrected chi connectivity index (χ3v) is 3.12. The number of aryl methyl sites for hydroxylation is 1. The van der Waals surface area contributed by atoms with Crippen molar-refractivity contribution in [3.05, 3.63) is 46.3 Å². The minimum atomic E-state index is -4.48. The SMILES string of the molecule is C/C(C(=N)c1ccc(C(F)(F)F)c(C)c1)=C(\OC(F)F)N(C)C.